The van der Waals surface area contributed by atoms with E-state index in [9.17, 15) is 14.7 Å². The molecule has 0 saturated heterocycles. The third kappa shape index (κ3) is 4.25. The van der Waals surface area contributed by atoms with E-state index in [1.165, 1.54) is 6.92 Å². The summed E-state index contributed by atoms with van der Waals surface area (Å²) in [6, 6.07) is 23.7. The molecule has 0 unspecified atom stereocenters. The summed E-state index contributed by atoms with van der Waals surface area (Å²) >= 11 is 0. The van der Waals surface area contributed by atoms with Crippen molar-refractivity contribution in [2.75, 3.05) is 5.32 Å². The number of para-hydroxylation sites is 1. The Morgan fingerprint density at radius 1 is 0.933 bits per heavy atom. The van der Waals surface area contributed by atoms with E-state index < -0.39 is 5.97 Å². The number of nitrogens with one attached hydrogen (secondary N) is 2. The van der Waals surface area contributed by atoms with Crippen LogP contribution in [0.3, 0.4) is 0 Å². The molecule has 3 aromatic carbocycles. The van der Waals surface area contributed by atoms with E-state index in [1.54, 1.807) is 0 Å². The molecule has 0 spiro atoms. The van der Waals surface area contributed by atoms with Crippen molar-refractivity contribution in [3.05, 3.63) is 89.6 Å². The molecule has 0 aliphatic heterocycles. The Hall–Kier alpha value is -3.86. The fourth-order valence-electron chi connectivity index (χ4n) is 3.76. The zero-order chi connectivity index (χ0) is 21.1. The number of carbonyl (C=O) groups excluding carboxylic acids is 1. The second kappa shape index (κ2) is 8.25. The molecule has 4 aromatic rings. The number of aromatic nitrogens is 1. The first kappa shape index (κ1) is 19.5. The maximum atomic E-state index is 11.4. The number of aromatic amines is 1. The largest absolute Gasteiger partial charge is 0.481 e. The maximum Gasteiger partial charge on any atom is 0.307 e. The molecule has 0 saturated carbocycles. The summed E-state index contributed by atoms with van der Waals surface area (Å²) in [4.78, 5) is 26.0. The minimum absolute atomic E-state index is 0.00658. The molecule has 0 bridgehead atoms. The number of carboxylic acid groups (broad SMARTS) is 1. The van der Waals surface area contributed by atoms with Crippen molar-refractivity contribution in [2.45, 2.75) is 19.8 Å². The first-order valence-corrected chi connectivity index (χ1v) is 9.77. The highest BCUT2D eigenvalue weighted by Crippen LogP contribution is 2.27. The molecule has 5 nitrogen and oxygen atoms in total. The number of amides is 1. The Labute approximate surface area is 174 Å². The van der Waals surface area contributed by atoms with Gasteiger partial charge in [0.05, 0.1) is 6.42 Å². The lowest BCUT2D eigenvalue weighted by Gasteiger charge is -2.08. The van der Waals surface area contributed by atoms with Gasteiger partial charge < -0.3 is 15.4 Å². The van der Waals surface area contributed by atoms with Crippen LogP contribution in [0.4, 0.5) is 5.69 Å². The molecule has 4 rings (SSSR count). The molecule has 150 valence electrons. The minimum Gasteiger partial charge on any atom is -0.481 e. The molecule has 30 heavy (non-hydrogen) atoms. The van der Waals surface area contributed by atoms with E-state index in [0.29, 0.717) is 6.42 Å². The summed E-state index contributed by atoms with van der Waals surface area (Å²) in [6.07, 6.45) is 0.622. The highest BCUT2D eigenvalue weighted by atomic mass is 16.4. The van der Waals surface area contributed by atoms with Crippen LogP contribution < -0.4 is 5.32 Å². The number of anilines is 1. The van der Waals surface area contributed by atoms with Gasteiger partial charge >= 0.3 is 5.97 Å². The quantitative estimate of drug-likeness (QED) is 0.427. The summed E-state index contributed by atoms with van der Waals surface area (Å²) in [7, 11) is 0. The van der Waals surface area contributed by atoms with Gasteiger partial charge in [0.25, 0.3) is 0 Å². The van der Waals surface area contributed by atoms with Gasteiger partial charge in [-0.3, -0.25) is 9.59 Å². The van der Waals surface area contributed by atoms with Crippen LogP contribution in [0.15, 0.2) is 72.8 Å². The van der Waals surface area contributed by atoms with Gasteiger partial charge in [-0.05, 0) is 40.5 Å². The summed E-state index contributed by atoms with van der Waals surface area (Å²) in [5, 5.41) is 13.1. The normalized spacial score (nSPS) is 10.8. The Morgan fingerprint density at radius 2 is 1.70 bits per heavy atom. The Kier molecular flexibility index (Phi) is 5.35. The van der Waals surface area contributed by atoms with Crippen molar-refractivity contribution in [3.63, 3.8) is 0 Å². The lowest BCUT2D eigenvalue weighted by atomic mass is 9.99. The predicted octanol–water partition coefficient (Wildman–Crippen LogP) is 5.01. The molecule has 1 amide bonds. The Bertz CT molecular complexity index is 1220. The third-order valence-electron chi connectivity index (χ3n) is 5.08. The van der Waals surface area contributed by atoms with Crippen LogP contribution in [0.5, 0.6) is 0 Å². The summed E-state index contributed by atoms with van der Waals surface area (Å²) in [5.74, 6) is -0.937. The van der Waals surface area contributed by atoms with Crippen molar-refractivity contribution in [3.8, 4) is 11.1 Å². The highest BCUT2D eigenvalue weighted by molar-refractivity contribution is 5.90. The third-order valence-corrected chi connectivity index (χ3v) is 5.08. The molecule has 0 atom stereocenters. The molecule has 0 fully saturated rings. The molecule has 5 heteroatoms. The number of hydrogen-bond acceptors (Lipinski definition) is 2. The second-order valence-corrected chi connectivity index (χ2v) is 7.33. The lowest BCUT2D eigenvalue weighted by molar-refractivity contribution is -0.136. The number of H-pyrrole nitrogens is 1. The average molecular weight is 398 g/mol. The molecule has 1 aromatic heterocycles. The number of aliphatic carboxylic acids is 1. The summed E-state index contributed by atoms with van der Waals surface area (Å²) in [6.45, 7) is 1.49. The van der Waals surface area contributed by atoms with Crippen LogP contribution in [0, 0.1) is 0 Å². The van der Waals surface area contributed by atoms with Gasteiger partial charge in [-0.1, -0.05) is 54.6 Å². The maximum absolute atomic E-state index is 11.4. The zero-order valence-corrected chi connectivity index (χ0v) is 16.6. The number of carbonyl (C=O) groups is 2. The van der Waals surface area contributed by atoms with E-state index in [4.69, 9.17) is 0 Å². The van der Waals surface area contributed by atoms with Gasteiger partial charge in [-0.2, -0.15) is 0 Å². The smallest absolute Gasteiger partial charge is 0.307 e. The molecular weight excluding hydrogens is 376 g/mol. The Balaban J connectivity index is 1.60. The lowest BCUT2D eigenvalue weighted by Crippen LogP contribution is -2.05. The first-order valence-electron chi connectivity index (χ1n) is 9.77. The van der Waals surface area contributed by atoms with Crippen LogP contribution in [0.2, 0.25) is 0 Å². The van der Waals surface area contributed by atoms with E-state index in [2.05, 4.69) is 22.4 Å². The van der Waals surface area contributed by atoms with Crippen molar-refractivity contribution < 1.29 is 14.7 Å². The predicted molar refractivity (Wildman–Crippen MR) is 119 cm³/mol. The molecule has 1 heterocycles. The van der Waals surface area contributed by atoms with Gasteiger partial charge in [0.1, 0.15) is 0 Å². The van der Waals surface area contributed by atoms with Crippen LogP contribution in [-0.2, 0) is 22.4 Å². The van der Waals surface area contributed by atoms with E-state index in [-0.39, 0.29) is 12.3 Å². The van der Waals surface area contributed by atoms with Crippen molar-refractivity contribution in [2.24, 2.45) is 0 Å². The van der Waals surface area contributed by atoms with Gasteiger partial charge in [-0.15, -0.1) is 0 Å². The minimum atomic E-state index is -0.838. The SMILES string of the molecule is CC(=O)Nc1cccc(-c2ccc(Cc3[nH]c4ccccc4c3CC(=O)O)cc2)c1. The van der Waals surface area contributed by atoms with Crippen LogP contribution in [0.25, 0.3) is 22.0 Å². The zero-order valence-electron chi connectivity index (χ0n) is 16.6. The first-order chi connectivity index (χ1) is 14.5. The highest BCUT2D eigenvalue weighted by Gasteiger charge is 2.14. The van der Waals surface area contributed by atoms with Crippen molar-refractivity contribution >= 4 is 28.5 Å². The number of rotatable bonds is 6. The summed E-state index contributed by atoms with van der Waals surface area (Å²) in [5.41, 5.74) is 6.65. The van der Waals surface area contributed by atoms with E-state index in [0.717, 1.165) is 44.5 Å². The van der Waals surface area contributed by atoms with Gasteiger partial charge in [0.2, 0.25) is 5.91 Å². The number of fused-ring (bicyclic) bond motifs is 1. The summed E-state index contributed by atoms with van der Waals surface area (Å²) < 4.78 is 0. The molecule has 0 aliphatic rings. The number of benzene rings is 3. The van der Waals surface area contributed by atoms with Crippen LogP contribution in [-0.4, -0.2) is 22.0 Å². The van der Waals surface area contributed by atoms with Crippen LogP contribution >= 0.6 is 0 Å². The van der Waals surface area contributed by atoms with Crippen molar-refractivity contribution in [1.82, 2.24) is 4.98 Å². The Morgan fingerprint density at radius 3 is 2.43 bits per heavy atom. The number of carboxylic acids is 1. The topological polar surface area (TPSA) is 82.2 Å². The van der Waals surface area contributed by atoms with Gasteiger partial charge in [-0.25, -0.2) is 0 Å². The fourth-order valence-corrected chi connectivity index (χ4v) is 3.76. The number of hydrogen-bond donors (Lipinski definition) is 3. The van der Waals surface area contributed by atoms with E-state index in [1.807, 2.05) is 60.7 Å². The van der Waals surface area contributed by atoms with Gasteiger partial charge in [0.15, 0.2) is 0 Å². The fraction of sp³-hybridized carbons (Fsp3) is 0.120. The average Bonchev–Trinajstić information content (AvgIpc) is 3.05. The molecule has 3 N–H and O–H groups in total. The second-order valence-electron chi connectivity index (χ2n) is 7.33. The van der Waals surface area contributed by atoms with E-state index >= 15 is 0 Å². The molecule has 0 aliphatic carbocycles. The molecule has 0 radical (unpaired) electrons. The molecular formula is C25H22N2O3. The van der Waals surface area contributed by atoms with Crippen molar-refractivity contribution in [1.29, 1.82) is 0 Å². The standard InChI is InChI=1S/C25H22N2O3/c1-16(28)26-20-6-4-5-19(14-20)18-11-9-17(10-12-18)13-24-22(15-25(29)30)21-7-2-3-8-23(21)27-24/h2-12,14,27H,13,15H2,1H3,(H,26,28)(H,29,30). The van der Waals surface area contributed by atoms with Crippen LogP contribution in [0.1, 0.15) is 23.7 Å². The monoisotopic (exact) mass is 398 g/mol. The van der Waals surface area contributed by atoms with Gasteiger partial charge in [0, 0.05) is 35.6 Å².